The Balaban J connectivity index is 1.28. The number of hydrogen-bond acceptors (Lipinski definition) is 27. The molecule has 0 radical (unpaired) electrons. The highest BCUT2D eigenvalue weighted by Crippen LogP contribution is 2.35. The molecule has 0 aromatic rings. The van der Waals surface area contributed by atoms with Crippen LogP contribution in [0.15, 0.2) is 0 Å². The lowest BCUT2D eigenvalue weighted by molar-refractivity contribution is -0.265. The van der Waals surface area contributed by atoms with Gasteiger partial charge in [0.15, 0.2) is 18.9 Å². The van der Waals surface area contributed by atoms with E-state index >= 15 is 0 Å². The van der Waals surface area contributed by atoms with Crippen LogP contribution in [-0.2, 0) is 57.0 Å². The summed E-state index contributed by atoms with van der Waals surface area (Å²) in [4.78, 5) is 74.3. The predicted octanol–water partition coefficient (Wildman–Crippen LogP) is -3.33. The molecule has 3 aliphatic heterocycles. The van der Waals surface area contributed by atoms with Crippen LogP contribution in [0.3, 0.4) is 0 Å². The minimum Gasteiger partial charge on any atom is -0.450 e. The highest BCUT2D eigenvalue weighted by atomic mass is 16.7. The monoisotopic (exact) mass is 1320 g/mol. The molecule has 530 valence electrons. The Morgan fingerprint density at radius 2 is 0.659 bits per heavy atom. The van der Waals surface area contributed by atoms with Crippen LogP contribution in [0.4, 0.5) is 14.4 Å². The second-order valence-electron chi connectivity index (χ2n) is 23.6. The number of nitrogens with one attached hydrogen (secondary N) is 6. The summed E-state index contributed by atoms with van der Waals surface area (Å²) in [6, 6.07) is -3.23. The number of unbranched alkanes of at least 4 members (excludes halogenated alkanes) is 9. The van der Waals surface area contributed by atoms with Crippen LogP contribution in [-0.4, -0.2) is 273 Å². The fourth-order valence-electron chi connectivity index (χ4n) is 10.3. The molecule has 33 nitrogen and oxygen atoms in total. The molecule has 3 saturated heterocycles. The Bertz CT molecular complexity index is 1940. The van der Waals surface area contributed by atoms with E-state index in [2.05, 4.69) is 38.8 Å². The van der Waals surface area contributed by atoms with Crippen LogP contribution in [0.1, 0.15) is 135 Å². The summed E-state index contributed by atoms with van der Waals surface area (Å²) in [5.74, 6) is -1.01. The third-order valence-corrected chi connectivity index (χ3v) is 15.9. The molecule has 0 saturated carbocycles. The van der Waals surface area contributed by atoms with Crippen molar-refractivity contribution < 1.29 is 117 Å². The first-order valence-corrected chi connectivity index (χ1v) is 32.2. The number of alkyl carbamates (subject to hydrolysis) is 3. The molecule has 91 heavy (non-hydrogen) atoms. The lowest BCUT2D eigenvalue weighted by Gasteiger charge is -2.40. The summed E-state index contributed by atoms with van der Waals surface area (Å²) in [6.45, 7) is 2.75. The Morgan fingerprint density at radius 1 is 0.374 bits per heavy atom. The molecule has 3 heterocycles. The number of aliphatic hydroxyl groups is 9. The molecule has 15 unspecified atom stereocenters. The van der Waals surface area contributed by atoms with Crippen molar-refractivity contribution in [2.24, 2.45) is 22.6 Å². The fraction of sp³-hybridized carbons (Fsp3) is 0.897. The van der Waals surface area contributed by atoms with Crippen LogP contribution in [0, 0.1) is 5.41 Å². The summed E-state index contributed by atoms with van der Waals surface area (Å²) < 4.78 is 48.8. The minimum atomic E-state index is -1.39. The average Bonchev–Trinajstić information content (AvgIpc) is 1.37. The van der Waals surface area contributed by atoms with Gasteiger partial charge in [0.05, 0.1) is 64.4 Å². The van der Waals surface area contributed by atoms with Gasteiger partial charge in [-0.15, -0.1) is 0 Å². The number of carbonyl (C=O) groups excluding carboxylic acids is 6. The van der Waals surface area contributed by atoms with Gasteiger partial charge in [-0.1, -0.05) is 45.4 Å². The third kappa shape index (κ3) is 32.5. The number of amides is 6. The van der Waals surface area contributed by atoms with Gasteiger partial charge in [0.25, 0.3) is 0 Å². The van der Waals surface area contributed by atoms with E-state index in [4.69, 9.17) is 59.8 Å². The number of rotatable bonds is 47. The molecule has 0 bridgehead atoms. The Kier molecular flexibility index (Phi) is 41.3. The summed E-state index contributed by atoms with van der Waals surface area (Å²) in [5, 5.41) is 105. The molecule has 21 N–H and O–H groups in total. The molecule has 3 rings (SSSR count). The average molecular weight is 1320 g/mol. The van der Waals surface area contributed by atoms with E-state index in [1.165, 1.54) is 0 Å². The van der Waals surface area contributed by atoms with E-state index in [0.29, 0.717) is 116 Å². The zero-order valence-corrected chi connectivity index (χ0v) is 52.8. The number of ether oxygens (including phenoxy) is 9. The summed E-state index contributed by atoms with van der Waals surface area (Å²) in [7, 11) is 0. The zero-order valence-electron chi connectivity index (χ0n) is 52.8. The van der Waals surface area contributed by atoms with Crippen LogP contribution in [0.25, 0.3) is 0 Å². The molecular formula is C58H109N9O24. The first-order chi connectivity index (χ1) is 43.6. The van der Waals surface area contributed by atoms with Gasteiger partial charge in [-0.3, -0.25) is 14.4 Å². The zero-order chi connectivity index (χ0) is 67.0. The molecule has 0 aromatic heterocycles. The molecule has 6 amide bonds. The molecule has 3 aliphatic rings. The van der Waals surface area contributed by atoms with E-state index in [1.807, 2.05) is 0 Å². The van der Waals surface area contributed by atoms with Crippen molar-refractivity contribution >= 4 is 36.0 Å². The number of carbonyl (C=O) groups is 6. The van der Waals surface area contributed by atoms with Crippen LogP contribution in [0.2, 0.25) is 0 Å². The third-order valence-electron chi connectivity index (χ3n) is 15.9. The van der Waals surface area contributed by atoms with E-state index in [9.17, 15) is 74.7 Å². The second kappa shape index (κ2) is 46.6. The minimum absolute atomic E-state index is 0.125. The smallest absolute Gasteiger partial charge is 0.407 e. The summed E-state index contributed by atoms with van der Waals surface area (Å²) in [6.07, 6.45) is -3.29. The maximum atomic E-state index is 12.5. The SMILES string of the molecule is CC(CCCOC(=O)NCCCCCCNC(=O)CCCOC1OC(CO)C(O)C(O)C1N)(CCCOC(=O)NCCCCCCNC(=O)COC1OC(CO)C(O)C(O)C1N)CCCOC(=O)NCCCCCCNC(=O)COC1OC(CO)C(O)C(O)C1N. The standard InChI is InChI=1S/C58H109N9O24/c1-58(20-16-30-85-56(81)66-26-12-6-3-9-23-63-41(72)35-87-53-44(60)50(78)47(75)38(33-69)90-53,21-17-31-86-57(82)67-27-13-7-4-10-24-64-42(73)36-88-54-45(61)51(79)48(76)39(34-70)91-54)19-15-29-84-55(80)65-25-11-5-2-8-22-62-40(71)18-14-28-83-52-43(59)49(77)46(74)37(32-68)89-52/h37-39,43-54,68-70,74-79H,2-36,59-61H2,1H3,(H,62,71)(H,63,72)(H,64,73)(H,65,80)(H,66,81)(H,67,82). The quantitative estimate of drug-likeness (QED) is 0.0209. The van der Waals surface area contributed by atoms with E-state index in [1.54, 1.807) is 0 Å². The maximum absolute atomic E-state index is 12.5. The van der Waals surface area contributed by atoms with Crippen LogP contribution < -0.4 is 49.1 Å². The number of hydrogen-bond donors (Lipinski definition) is 18. The number of aliphatic hydroxyl groups excluding tert-OH is 9. The van der Waals surface area contributed by atoms with Crippen molar-refractivity contribution in [3.63, 3.8) is 0 Å². The van der Waals surface area contributed by atoms with Crippen molar-refractivity contribution in [1.82, 2.24) is 31.9 Å². The Morgan fingerprint density at radius 3 is 0.967 bits per heavy atom. The van der Waals surface area contributed by atoms with Gasteiger partial charge < -0.3 is 138 Å². The largest absolute Gasteiger partial charge is 0.450 e. The molecule has 33 heteroatoms. The highest BCUT2D eigenvalue weighted by molar-refractivity contribution is 5.77. The van der Waals surface area contributed by atoms with Crippen molar-refractivity contribution in [2.75, 3.05) is 98.7 Å². The lowest BCUT2D eigenvalue weighted by Crippen LogP contribution is -2.62. The highest BCUT2D eigenvalue weighted by Gasteiger charge is 2.45. The van der Waals surface area contributed by atoms with Gasteiger partial charge in [-0.05, 0) is 88.9 Å². The van der Waals surface area contributed by atoms with Gasteiger partial charge in [0.2, 0.25) is 17.7 Å². The van der Waals surface area contributed by atoms with Gasteiger partial charge in [-0.25, -0.2) is 14.4 Å². The molecule has 0 spiro atoms. The van der Waals surface area contributed by atoms with Gasteiger partial charge in [0, 0.05) is 45.7 Å². The predicted molar refractivity (Wildman–Crippen MR) is 323 cm³/mol. The van der Waals surface area contributed by atoms with Gasteiger partial charge in [-0.2, -0.15) is 0 Å². The van der Waals surface area contributed by atoms with Crippen LogP contribution >= 0.6 is 0 Å². The van der Waals surface area contributed by atoms with Crippen LogP contribution in [0.5, 0.6) is 0 Å². The molecular weight excluding hydrogens is 1210 g/mol. The first kappa shape index (κ1) is 80.7. The van der Waals surface area contributed by atoms with Crippen molar-refractivity contribution in [2.45, 2.75) is 227 Å². The topological polar surface area (TPSA) is 518 Å². The van der Waals surface area contributed by atoms with Crippen molar-refractivity contribution in [3.05, 3.63) is 0 Å². The maximum Gasteiger partial charge on any atom is 0.407 e. The molecule has 15 atom stereocenters. The fourth-order valence-corrected chi connectivity index (χ4v) is 10.3. The Hall–Kier alpha value is -4.50. The van der Waals surface area contributed by atoms with Gasteiger partial charge in [0.1, 0.15) is 68.1 Å². The normalized spacial score (nSPS) is 27.2. The molecule has 0 aliphatic carbocycles. The van der Waals surface area contributed by atoms with E-state index < -0.39 is 155 Å². The number of nitrogens with two attached hydrogens (primary N) is 3. The van der Waals surface area contributed by atoms with Crippen molar-refractivity contribution in [3.8, 4) is 0 Å². The molecule has 0 aromatic carbocycles. The summed E-state index contributed by atoms with van der Waals surface area (Å²) in [5.41, 5.74) is 17.3. The van der Waals surface area contributed by atoms with E-state index in [0.717, 1.165) is 44.9 Å². The Labute approximate surface area is 532 Å². The molecule has 3 fully saturated rings. The summed E-state index contributed by atoms with van der Waals surface area (Å²) >= 11 is 0. The van der Waals surface area contributed by atoms with Gasteiger partial charge >= 0.3 is 18.3 Å². The van der Waals surface area contributed by atoms with Crippen molar-refractivity contribution in [1.29, 1.82) is 0 Å². The first-order valence-electron chi connectivity index (χ1n) is 32.2. The second-order valence-corrected chi connectivity index (χ2v) is 23.6. The van der Waals surface area contributed by atoms with E-state index in [-0.39, 0.29) is 44.2 Å². The lowest BCUT2D eigenvalue weighted by atomic mass is 9.77.